The largest absolute Gasteiger partial charge is 0.380 e. The first-order valence-electron chi connectivity index (χ1n) is 8.17. The number of carbonyl (C=O) groups excluding carboxylic acids is 1. The van der Waals surface area contributed by atoms with Crippen LogP contribution >= 0.6 is 0 Å². The fourth-order valence-corrected chi connectivity index (χ4v) is 2.43. The third-order valence-electron chi connectivity index (χ3n) is 3.89. The van der Waals surface area contributed by atoms with E-state index in [-0.39, 0.29) is 11.9 Å². The molecule has 3 aromatic rings. The van der Waals surface area contributed by atoms with Crippen molar-refractivity contribution in [2.24, 2.45) is 0 Å². The Hall–Kier alpha value is -3.21. The van der Waals surface area contributed by atoms with Crippen LogP contribution in [-0.4, -0.2) is 15.9 Å². The molecule has 0 aliphatic rings. The number of aromatic nitrogens is 2. The van der Waals surface area contributed by atoms with E-state index in [1.807, 2.05) is 55.5 Å². The molecule has 0 saturated heterocycles. The van der Waals surface area contributed by atoms with Crippen LogP contribution in [0.25, 0.3) is 0 Å². The van der Waals surface area contributed by atoms with Crippen molar-refractivity contribution in [2.75, 3.05) is 5.32 Å². The van der Waals surface area contributed by atoms with Gasteiger partial charge < -0.3 is 10.6 Å². The third-order valence-corrected chi connectivity index (χ3v) is 3.89. The van der Waals surface area contributed by atoms with Crippen molar-refractivity contribution in [3.8, 4) is 0 Å². The van der Waals surface area contributed by atoms with Crippen molar-refractivity contribution in [1.82, 2.24) is 15.3 Å². The zero-order chi connectivity index (χ0) is 17.5. The highest BCUT2D eigenvalue weighted by atomic mass is 16.1. The lowest BCUT2D eigenvalue weighted by molar-refractivity contribution is 0.0935. The van der Waals surface area contributed by atoms with Crippen molar-refractivity contribution in [1.29, 1.82) is 0 Å². The first-order valence-corrected chi connectivity index (χ1v) is 8.17. The number of pyridine rings is 2. The first kappa shape index (κ1) is 16.6. The van der Waals surface area contributed by atoms with E-state index in [0.29, 0.717) is 12.2 Å². The molecule has 3 rings (SSSR count). The number of carbonyl (C=O) groups is 1. The molecule has 5 heteroatoms. The fourth-order valence-electron chi connectivity index (χ4n) is 2.43. The molecule has 25 heavy (non-hydrogen) atoms. The number of benzene rings is 1. The van der Waals surface area contributed by atoms with Gasteiger partial charge in [0.05, 0.1) is 17.9 Å². The smallest absolute Gasteiger partial charge is 0.270 e. The molecule has 2 aromatic heterocycles. The van der Waals surface area contributed by atoms with Crippen LogP contribution in [-0.2, 0) is 6.54 Å². The molecule has 0 aliphatic heterocycles. The second-order valence-electron chi connectivity index (χ2n) is 5.75. The van der Waals surface area contributed by atoms with Crippen LogP contribution in [0.2, 0.25) is 0 Å². The molecule has 0 spiro atoms. The topological polar surface area (TPSA) is 66.9 Å². The maximum Gasteiger partial charge on any atom is 0.270 e. The quantitative estimate of drug-likeness (QED) is 0.724. The zero-order valence-corrected chi connectivity index (χ0v) is 14.0. The van der Waals surface area contributed by atoms with Gasteiger partial charge in [0.2, 0.25) is 0 Å². The summed E-state index contributed by atoms with van der Waals surface area (Å²) in [6.07, 6.45) is 5.19. The lowest BCUT2D eigenvalue weighted by atomic mass is 10.1. The molecule has 0 aliphatic carbocycles. The molecule has 1 aromatic carbocycles. The molecule has 0 fully saturated rings. The van der Waals surface area contributed by atoms with Gasteiger partial charge in [-0.1, -0.05) is 30.3 Å². The number of nitrogens with one attached hydrogen (secondary N) is 2. The van der Waals surface area contributed by atoms with E-state index in [0.717, 1.165) is 16.8 Å². The number of anilines is 1. The summed E-state index contributed by atoms with van der Waals surface area (Å²) in [4.78, 5) is 20.6. The van der Waals surface area contributed by atoms with E-state index in [4.69, 9.17) is 0 Å². The van der Waals surface area contributed by atoms with E-state index in [1.54, 1.807) is 24.7 Å². The standard InChI is InChI=1S/C20H20N4O/c1-15(17-5-3-2-4-6-17)24-20(25)19-8-7-18(14-23-19)22-13-16-9-11-21-12-10-16/h2-12,14-15,22H,13H2,1H3,(H,24,25). The van der Waals surface area contributed by atoms with E-state index >= 15 is 0 Å². The molecule has 0 radical (unpaired) electrons. The summed E-state index contributed by atoms with van der Waals surface area (Å²) in [5, 5.41) is 6.23. The van der Waals surface area contributed by atoms with Crippen LogP contribution in [0.5, 0.6) is 0 Å². The van der Waals surface area contributed by atoms with Gasteiger partial charge in [-0.2, -0.15) is 0 Å². The summed E-state index contributed by atoms with van der Waals surface area (Å²) >= 11 is 0. The minimum Gasteiger partial charge on any atom is -0.380 e. The maximum absolute atomic E-state index is 12.3. The zero-order valence-electron chi connectivity index (χ0n) is 14.0. The summed E-state index contributed by atoms with van der Waals surface area (Å²) in [5.41, 5.74) is 3.46. The van der Waals surface area contributed by atoms with Gasteiger partial charge in [0, 0.05) is 18.9 Å². The number of amides is 1. The summed E-state index contributed by atoms with van der Waals surface area (Å²) in [6.45, 7) is 2.64. The average Bonchev–Trinajstić information content (AvgIpc) is 2.68. The first-order chi connectivity index (χ1) is 12.2. The fraction of sp³-hybridized carbons (Fsp3) is 0.150. The van der Waals surface area contributed by atoms with Crippen LogP contribution in [0.3, 0.4) is 0 Å². The van der Waals surface area contributed by atoms with Crippen molar-refractivity contribution in [2.45, 2.75) is 19.5 Å². The Morgan fingerprint density at radius 1 is 1.04 bits per heavy atom. The van der Waals surface area contributed by atoms with Gasteiger partial charge in [-0.3, -0.25) is 9.78 Å². The predicted molar refractivity (Wildman–Crippen MR) is 98.1 cm³/mol. The molecule has 1 amide bonds. The van der Waals surface area contributed by atoms with Gasteiger partial charge in [0.1, 0.15) is 5.69 Å². The minimum absolute atomic E-state index is 0.0695. The maximum atomic E-state index is 12.3. The van der Waals surface area contributed by atoms with Crippen LogP contribution in [0, 0.1) is 0 Å². The Labute approximate surface area is 147 Å². The van der Waals surface area contributed by atoms with Crippen LogP contribution < -0.4 is 10.6 Å². The second kappa shape index (κ2) is 8.06. The highest BCUT2D eigenvalue weighted by Gasteiger charge is 2.12. The van der Waals surface area contributed by atoms with Crippen molar-refractivity contribution >= 4 is 11.6 Å². The lowest BCUT2D eigenvalue weighted by Crippen LogP contribution is -2.27. The Kier molecular flexibility index (Phi) is 5.36. The van der Waals surface area contributed by atoms with E-state index in [2.05, 4.69) is 20.6 Å². The van der Waals surface area contributed by atoms with Crippen LogP contribution in [0.4, 0.5) is 5.69 Å². The molecular weight excluding hydrogens is 312 g/mol. The number of hydrogen-bond acceptors (Lipinski definition) is 4. The van der Waals surface area contributed by atoms with E-state index < -0.39 is 0 Å². The predicted octanol–water partition coefficient (Wildman–Crippen LogP) is 3.58. The highest BCUT2D eigenvalue weighted by Crippen LogP contribution is 2.13. The molecule has 2 heterocycles. The number of hydrogen-bond donors (Lipinski definition) is 2. The second-order valence-corrected chi connectivity index (χ2v) is 5.75. The summed E-state index contributed by atoms with van der Waals surface area (Å²) in [5.74, 6) is -0.183. The van der Waals surface area contributed by atoms with Crippen molar-refractivity contribution in [3.63, 3.8) is 0 Å². The van der Waals surface area contributed by atoms with Crippen LogP contribution in [0.1, 0.15) is 34.6 Å². The molecule has 126 valence electrons. The Morgan fingerprint density at radius 3 is 2.48 bits per heavy atom. The Bertz CT molecular complexity index is 804. The molecular formula is C20H20N4O. The monoisotopic (exact) mass is 332 g/mol. The number of rotatable bonds is 6. The lowest BCUT2D eigenvalue weighted by Gasteiger charge is -2.14. The van der Waals surface area contributed by atoms with Crippen molar-refractivity contribution in [3.05, 3.63) is 90.0 Å². The van der Waals surface area contributed by atoms with Gasteiger partial charge >= 0.3 is 0 Å². The molecule has 2 N–H and O–H groups in total. The molecule has 1 atom stereocenters. The highest BCUT2D eigenvalue weighted by molar-refractivity contribution is 5.92. The van der Waals surface area contributed by atoms with E-state index in [1.165, 1.54) is 0 Å². The molecule has 0 bridgehead atoms. The summed E-state index contributed by atoms with van der Waals surface area (Å²) in [7, 11) is 0. The normalized spacial score (nSPS) is 11.6. The van der Waals surface area contributed by atoms with E-state index in [9.17, 15) is 4.79 Å². The van der Waals surface area contributed by atoms with Gasteiger partial charge in [-0.25, -0.2) is 4.98 Å². The number of nitrogens with zero attached hydrogens (tertiary/aromatic N) is 2. The average molecular weight is 332 g/mol. The third kappa shape index (κ3) is 4.64. The SMILES string of the molecule is CC(NC(=O)c1ccc(NCc2ccncc2)cn1)c1ccccc1. The Balaban J connectivity index is 1.57. The van der Waals surface area contributed by atoms with Gasteiger partial charge in [0.25, 0.3) is 5.91 Å². The van der Waals surface area contributed by atoms with Gasteiger partial charge in [-0.15, -0.1) is 0 Å². The van der Waals surface area contributed by atoms with Gasteiger partial charge in [-0.05, 0) is 42.3 Å². The Morgan fingerprint density at radius 2 is 1.80 bits per heavy atom. The molecule has 0 saturated carbocycles. The van der Waals surface area contributed by atoms with Gasteiger partial charge in [0.15, 0.2) is 0 Å². The minimum atomic E-state index is -0.183. The molecule has 5 nitrogen and oxygen atoms in total. The summed E-state index contributed by atoms with van der Waals surface area (Å²) < 4.78 is 0. The summed E-state index contributed by atoms with van der Waals surface area (Å²) in [6, 6.07) is 17.3. The molecule has 1 unspecified atom stereocenters. The van der Waals surface area contributed by atoms with Crippen LogP contribution in [0.15, 0.2) is 73.2 Å². The van der Waals surface area contributed by atoms with Crippen molar-refractivity contribution < 1.29 is 4.79 Å².